The van der Waals surface area contributed by atoms with E-state index in [-0.39, 0.29) is 5.69 Å². The molecule has 0 aliphatic heterocycles. The summed E-state index contributed by atoms with van der Waals surface area (Å²) in [7, 11) is 2.72. The van der Waals surface area contributed by atoms with E-state index in [9.17, 15) is 14.0 Å². The molecule has 2 aromatic rings. The second kappa shape index (κ2) is 7.40. The van der Waals surface area contributed by atoms with Crippen LogP contribution in [0.2, 0.25) is 0 Å². The van der Waals surface area contributed by atoms with Gasteiger partial charge in [-0.3, -0.25) is 0 Å². The average Bonchev–Trinajstić information content (AvgIpc) is 2.57. The fraction of sp³-hybridized carbons (Fsp3) is 0.176. The first kappa shape index (κ1) is 16.5. The van der Waals surface area contributed by atoms with Crippen LogP contribution >= 0.6 is 0 Å². The Bertz CT molecular complexity index is 704. The molecule has 0 saturated heterocycles. The number of hydrogen-bond donors (Lipinski definition) is 2. The number of rotatable bonds is 3. The van der Waals surface area contributed by atoms with Crippen molar-refractivity contribution in [3.05, 3.63) is 65.5 Å². The van der Waals surface area contributed by atoms with Crippen molar-refractivity contribution in [3.63, 3.8) is 0 Å². The number of hydrogen-bond acceptors (Lipinski definition) is 2. The maximum absolute atomic E-state index is 13.9. The number of carbonyl (C=O) groups is 2. The fourth-order valence-corrected chi connectivity index (χ4v) is 2.07. The van der Waals surface area contributed by atoms with Crippen LogP contribution in [-0.2, 0) is 6.42 Å². The highest BCUT2D eigenvalue weighted by atomic mass is 19.1. The summed E-state index contributed by atoms with van der Waals surface area (Å²) in [6.45, 7) is 0. The monoisotopic (exact) mass is 315 g/mol. The third kappa shape index (κ3) is 4.29. The lowest BCUT2D eigenvalue weighted by Crippen LogP contribution is -2.41. The standard InChI is InChI=1S/C17H18FN3O2/c1-19-16(22)21(2)17(23)20-15-11-13(8-9-14(15)18)10-12-6-4-3-5-7-12/h3-9,11H,10H2,1-2H3,(H,19,22)(H,20,23). The quantitative estimate of drug-likeness (QED) is 0.913. The second-order valence-electron chi connectivity index (χ2n) is 5.02. The molecule has 0 aliphatic rings. The number of benzene rings is 2. The zero-order valence-electron chi connectivity index (χ0n) is 13.0. The number of nitrogens with zero attached hydrogens (tertiary/aromatic N) is 1. The van der Waals surface area contributed by atoms with Crippen molar-refractivity contribution in [1.29, 1.82) is 0 Å². The number of imide groups is 1. The summed E-state index contributed by atoms with van der Waals surface area (Å²) < 4.78 is 13.9. The number of anilines is 1. The van der Waals surface area contributed by atoms with Gasteiger partial charge in [-0.2, -0.15) is 0 Å². The van der Waals surface area contributed by atoms with E-state index >= 15 is 0 Å². The third-order valence-corrected chi connectivity index (χ3v) is 3.35. The molecule has 0 fully saturated rings. The van der Waals surface area contributed by atoms with Crippen molar-refractivity contribution in [2.45, 2.75) is 6.42 Å². The van der Waals surface area contributed by atoms with Crippen molar-refractivity contribution < 1.29 is 14.0 Å². The van der Waals surface area contributed by atoms with Gasteiger partial charge in [-0.25, -0.2) is 18.9 Å². The molecule has 2 aromatic carbocycles. The van der Waals surface area contributed by atoms with Crippen molar-refractivity contribution in [1.82, 2.24) is 10.2 Å². The minimum absolute atomic E-state index is 0.0409. The van der Waals surface area contributed by atoms with E-state index in [1.54, 1.807) is 12.1 Å². The zero-order valence-corrected chi connectivity index (χ0v) is 13.0. The summed E-state index contributed by atoms with van der Waals surface area (Å²) in [6.07, 6.45) is 0.620. The topological polar surface area (TPSA) is 61.4 Å². The summed E-state index contributed by atoms with van der Waals surface area (Å²) in [5.74, 6) is -0.555. The molecule has 0 aromatic heterocycles. The maximum Gasteiger partial charge on any atom is 0.329 e. The molecular weight excluding hydrogens is 297 g/mol. The van der Waals surface area contributed by atoms with Crippen LogP contribution in [0.1, 0.15) is 11.1 Å². The highest BCUT2D eigenvalue weighted by molar-refractivity contribution is 6.00. The van der Waals surface area contributed by atoms with E-state index in [4.69, 9.17) is 0 Å². The smallest absolute Gasteiger partial charge is 0.329 e. The van der Waals surface area contributed by atoms with E-state index in [0.717, 1.165) is 16.0 Å². The molecule has 0 saturated carbocycles. The summed E-state index contributed by atoms with van der Waals surface area (Å²) in [6, 6.07) is 13.0. The largest absolute Gasteiger partial charge is 0.341 e. The minimum atomic E-state index is -0.708. The van der Waals surface area contributed by atoms with E-state index in [1.165, 1.54) is 20.2 Å². The van der Waals surface area contributed by atoms with Gasteiger partial charge >= 0.3 is 12.1 Å². The molecule has 0 unspecified atom stereocenters. The molecule has 2 rings (SSSR count). The Kier molecular flexibility index (Phi) is 5.30. The summed E-state index contributed by atoms with van der Waals surface area (Å²) in [5, 5.41) is 4.73. The predicted octanol–water partition coefficient (Wildman–Crippen LogP) is 3.22. The molecule has 0 radical (unpaired) electrons. The average molecular weight is 315 g/mol. The van der Waals surface area contributed by atoms with E-state index in [1.807, 2.05) is 30.3 Å². The predicted molar refractivity (Wildman–Crippen MR) is 86.9 cm³/mol. The van der Waals surface area contributed by atoms with Crippen molar-refractivity contribution >= 4 is 17.7 Å². The number of halogens is 1. The van der Waals surface area contributed by atoms with Crippen LogP contribution in [0, 0.1) is 5.82 Å². The van der Waals surface area contributed by atoms with Crippen LogP contribution in [0.3, 0.4) is 0 Å². The second-order valence-corrected chi connectivity index (χ2v) is 5.02. The van der Waals surface area contributed by atoms with Gasteiger partial charge in [0.25, 0.3) is 0 Å². The highest BCUT2D eigenvalue weighted by Gasteiger charge is 2.17. The Morgan fingerprint density at radius 3 is 2.39 bits per heavy atom. The molecule has 0 atom stereocenters. The molecule has 4 amide bonds. The minimum Gasteiger partial charge on any atom is -0.341 e. The van der Waals surface area contributed by atoms with Crippen molar-refractivity contribution in [2.24, 2.45) is 0 Å². The number of amides is 4. The van der Waals surface area contributed by atoms with Gasteiger partial charge in [0.05, 0.1) is 5.69 Å². The van der Waals surface area contributed by atoms with Gasteiger partial charge in [0.15, 0.2) is 0 Å². The first-order chi connectivity index (χ1) is 11.0. The molecule has 23 heavy (non-hydrogen) atoms. The van der Waals surface area contributed by atoms with Gasteiger partial charge in [-0.1, -0.05) is 36.4 Å². The summed E-state index contributed by atoms with van der Waals surface area (Å²) in [4.78, 5) is 24.2. The molecule has 0 spiro atoms. The lowest BCUT2D eigenvalue weighted by molar-refractivity contribution is 0.203. The first-order valence-corrected chi connectivity index (χ1v) is 7.10. The Morgan fingerprint density at radius 1 is 1.04 bits per heavy atom. The Hall–Kier alpha value is -2.89. The van der Waals surface area contributed by atoms with Crippen molar-refractivity contribution in [3.8, 4) is 0 Å². The zero-order chi connectivity index (χ0) is 16.8. The van der Waals surface area contributed by atoms with Crippen LogP contribution in [0.25, 0.3) is 0 Å². The van der Waals surface area contributed by atoms with Crippen LogP contribution in [0.4, 0.5) is 19.7 Å². The molecular formula is C17H18FN3O2. The van der Waals surface area contributed by atoms with Crippen LogP contribution < -0.4 is 10.6 Å². The van der Waals surface area contributed by atoms with Gasteiger partial charge in [0.2, 0.25) is 0 Å². The SMILES string of the molecule is CNC(=O)N(C)C(=O)Nc1cc(Cc2ccccc2)ccc1F. The Balaban J connectivity index is 2.14. The molecule has 0 aliphatic carbocycles. The summed E-state index contributed by atoms with van der Waals surface area (Å²) >= 11 is 0. The lowest BCUT2D eigenvalue weighted by Gasteiger charge is -2.16. The first-order valence-electron chi connectivity index (χ1n) is 7.10. The highest BCUT2D eigenvalue weighted by Crippen LogP contribution is 2.19. The van der Waals surface area contributed by atoms with Gasteiger partial charge < -0.3 is 10.6 Å². The molecule has 2 N–H and O–H groups in total. The van der Waals surface area contributed by atoms with Crippen LogP contribution in [0.5, 0.6) is 0 Å². The Morgan fingerprint density at radius 2 is 1.74 bits per heavy atom. The normalized spacial score (nSPS) is 10.0. The number of urea groups is 2. The molecule has 120 valence electrons. The fourth-order valence-electron chi connectivity index (χ4n) is 2.07. The van der Waals surface area contributed by atoms with Gasteiger partial charge in [-0.15, -0.1) is 0 Å². The molecule has 6 heteroatoms. The van der Waals surface area contributed by atoms with E-state index in [0.29, 0.717) is 6.42 Å². The van der Waals surface area contributed by atoms with Gasteiger partial charge in [0.1, 0.15) is 5.82 Å². The number of nitrogens with one attached hydrogen (secondary N) is 2. The molecule has 5 nitrogen and oxygen atoms in total. The van der Waals surface area contributed by atoms with Crippen molar-refractivity contribution in [2.75, 3.05) is 19.4 Å². The molecule has 0 heterocycles. The Labute approximate surface area is 134 Å². The van der Waals surface area contributed by atoms with Crippen LogP contribution in [0.15, 0.2) is 48.5 Å². The van der Waals surface area contributed by atoms with E-state index < -0.39 is 17.9 Å². The third-order valence-electron chi connectivity index (χ3n) is 3.35. The van der Waals surface area contributed by atoms with E-state index in [2.05, 4.69) is 10.6 Å². The number of carbonyl (C=O) groups excluding carboxylic acids is 2. The van der Waals surface area contributed by atoms with Gasteiger partial charge in [0, 0.05) is 14.1 Å². The lowest BCUT2D eigenvalue weighted by atomic mass is 10.0. The molecule has 0 bridgehead atoms. The van der Waals surface area contributed by atoms with Crippen LogP contribution in [-0.4, -0.2) is 31.1 Å². The van der Waals surface area contributed by atoms with Gasteiger partial charge in [-0.05, 0) is 29.7 Å². The summed E-state index contributed by atoms with van der Waals surface area (Å²) in [5.41, 5.74) is 1.98. The maximum atomic E-state index is 13.9.